The number of thioether (sulfide) groups is 1. The third-order valence-electron chi connectivity index (χ3n) is 3.76. The van der Waals surface area contributed by atoms with E-state index in [1.807, 2.05) is 0 Å². The van der Waals surface area contributed by atoms with Gasteiger partial charge in [0, 0.05) is 12.1 Å². The van der Waals surface area contributed by atoms with Gasteiger partial charge in [0.05, 0.1) is 22.3 Å². The van der Waals surface area contributed by atoms with E-state index in [2.05, 4.69) is 0 Å². The first-order chi connectivity index (χ1) is 12.8. The Morgan fingerprint density at radius 2 is 1.89 bits per heavy atom. The predicted octanol–water partition coefficient (Wildman–Crippen LogP) is 2.19. The van der Waals surface area contributed by atoms with Crippen LogP contribution in [0.5, 0.6) is 0 Å². The number of nitro groups is 1. The summed E-state index contributed by atoms with van der Waals surface area (Å²) in [5.74, 6) is -1.90. The Kier molecular flexibility index (Phi) is 5.04. The molecule has 1 fully saturated rings. The third kappa shape index (κ3) is 4.04. The van der Waals surface area contributed by atoms with Crippen LogP contribution in [0.25, 0.3) is 6.08 Å². The van der Waals surface area contributed by atoms with E-state index < -0.39 is 22.0 Å². The molecule has 2 amide bonds. The maximum atomic E-state index is 12.5. The second-order valence-corrected chi connectivity index (χ2v) is 6.60. The van der Waals surface area contributed by atoms with Crippen LogP contribution in [-0.4, -0.2) is 26.9 Å². The van der Waals surface area contributed by atoms with Gasteiger partial charge in [0.15, 0.2) is 0 Å². The van der Waals surface area contributed by atoms with Crippen LogP contribution in [0.2, 0.25) is 0 Å². The molecule has 0 atom stereocenters. The van der Waals surface area contributed by atoms with Gasteiger partial charge in [-0.15, -0.1) is 0 Å². The minimum atomic E-state index is -1.35. The van der Waals surface area contributed by atoms with Crippen LogP contribution in [0.15, 0.2) is 53.4 Å². The number of rotatable bonds is 5. The lowest BCUT2D eigenvalue weighted by Gasteiger charge is -2.13. The Morgan fingerprint density at radius 3 is 2.59 bits per heavy atom. The average molecular weight is 383 g/mol. The van der Waals surface area contributed by atoms with Crippen molar-refractivity contribution in [3.05, 3.63) is 80.2 Å². The van der Waals surface area contributed by atoms with Crippen LogP contribution in [0.1, 0.15) is 21.5 Å². The average Bonchev–Trinajstić information content (AvgIpc) is 2.89. The van der Waals surface area contributed by atoms with Crippen molar-refractivity contribution in [2.24, 2.45) is 0 Å². The van der Waals surface area contributed by atoms with Crippen molar-refractivity contribution in [1.82, 2.24) is 4.90 Å². The summed E-state index contributed by atoms with van der Waals surface area (Å²) in [4.78, 5) is 47.0. The normalized spacial score (nSPS) is 15.4. The topological polar surface area (TPSA) is 121 Å². The fraction of sp³-hybridized carbons (Fsp3) is 0.0556. The molecule has 136 valence electrons. The standard InChI is InChI=1S/C18H12N2O6S/c21-16-15(9-11-3-2-6-14(8-11)20(25)26)27-18(24)19(16)10-12-4-1-5-13(7-12)17(22)23/h1-9H,10H2,(H,22,23)/p-1/b15-9+. The number of hydrogen-bond donors (Lipinski definition) is 0. The van der Waals surface area contributed by atoms with Crippen molar-refractivity contribution >= 4 is 40.6 Å². The highest BCUT2D eigenvalue weighted by Gasteiger charge is 2.35. The van der Waals surface area contributed by atoms with Crippen LogP contribution in [0.3, 0.4) is 0 Å². The van der Waals surface area contributed by atoms with Crippen molar-refractivity contribution < 1.29 is 24.4 Å². The summed E-state index contributed by atoms with van der Waals surface area (Å²) in [6.45, 7) is -0.0853. The second kappa shape index (κ2) is 7.42. The summed E-state index contributed by atoms with van der Waals surface area (Å²) in [7, 11) is 0. The first kappa shape index (κ1) is 18.3. The number of aromatic carboxylic acids is 1. The van der Waals surface area contributed by atoms with Crippen molar-refractivity contribution in [1.29, 1.82) is 0 Å². The molecule has 0 N–H and O–H groups in total. The molecule has 0 radical (unpaired) electrons. The number of carboxylic acids is 1. The Morgan fingerprint density at radius 1 is 1.15 bits per heavy atom. The van der Waals surface area contributed by atoms with E-state index in [9.17, 15) is 29.6 Å². The minimum Gasteiger partial charge on any atom is -0.545 e. The van der Waals surface area contributed by atoms with Gasteiger partial charge in [-0.1, -0.05) is 30.3 Å². The molecule has 0 spiro atoms. The lowest BCUT2D eigenvalue weighted by molar-refractivity contribution is -0.384. The Bertz CT molecular complexity index is 1000. The molecule has 1 aliphatic rings. The molecule has 1 aliphatic heterocycles. The third-order valence-corrected chi connectivity index (χ3v) is 4.66. The smallest absolute Gasteiger partial charge is 0.293 e. The van der Waals surface area contributed by atoms with Gasteiger partial charge < -0.3 is 9.90 Å². The summed E-state index contributed by atoms with van der Waals surface area (Å²) in [6, 6.07) is 11.5. The zero-order valence-electron chi connectivity index (χ0n) is 13.7. The van der Waals surface area contributed by atoms with E-state index in [1.54, 1.807) is 12.1 Å². The lowest BCUT2D eigenvalue weighted by Crippen LogP contribution is -2.28. The van der Waals surface area contributed by atoms with Gasteiger partial charge in [-0.05, 0) is 40.6 Å². The fourth-order valence-corrected chi connectivity index (χ4v) is 3.33. The maximum Gasteiger partial charge on any atom is 0.293 e. The van der Waals surface area contributed by atoms with E-state index in [4.69, 9.17) is 0 Å². The first-order valence-electron chi connectivity index (χ1n) is 7.65. The first-order valence-corrected chi connectivity index (χ1v) is 8.47. The van der Waals surface area contributed by atoms with Crippen molar-refractivity contribution in [3.63, 3.8) is 0 Å². The van der Waals surface area contributed by atoms with E-state index in [1.165, 1.54) is 42.5 Å². The monoisotopic (exact) mass is 383 g/mol. The Labute approximate surface area is 157 Å². The van der Waals surface area contributed by atoms with Gasteiger partial charge >= 0.3 is 0 Å². The second-order valence-electron chi connectivity index (χ2n) is 5.61. The highest BCUT2D eigenvalue weighted by molar-refractivity contribution is 8.18. The molecule has 0 aromatic heterocycles. The number of carbonyl (C=O) groups excluding carboxylic acids is 3. The maximum absolute atomic E-state index is 12.5. The van der Waals surface area contributed by atoms with Gasteiger partial charge in [0.2, 0.25) is 0 Å². The summed E-state index contributed by atoms with van der Waals surface area (Å²) in [6.07, 6.45) is 1.41. The molecule has 2 aromatic carbocycles. The summed E-state index contributed by atoms with van der Waals surface area (Å²) < 4.78 is 0. The molecule has 0 saturated carbocycles. The molecule has 1 heterocycles. The molecule has 8 nitrogen and oxygen atoms in total. The number of carboxylic acid groups (broad SMARTS) is 1. The van der Waals surface area contributed by atoms with Crippen LogP contribution in [-0.2, 0) is 11.3 Å². The fourth-order valence-electron chi connectivity index (χ4n) is 2.50. The van der Waals surface area contributed by atoms with Crippen molar-refractivity contribution in [2.75, 3.05) is 0 Å². The molecule has 27 heavy (non-hydrogen) atoms. The highest BCUT2D eigenvalue weighted by atomic mass is 32.2. The summed E-state index contributed by atoms with van der Waals surface area (Å²) >= 11 is 0.721. The Hall–Kier alpha value is -3.46. The van der Waals surface area contributed by atoms with Crippen LogP contribution >= 0.6 is 11.8 Å². The number of imide groups is 1. The summed E-state index contributed by atoms with van der Waals surface area (Å²) in [5, 5.41) is 21.3. The van der Waals surface area contributed by atoms with E-state index in [0.717, 1.165) is 16.7 Å². The lowest BCUT2D eigenvalue weighted by atomic mass is 10.1. The number of non-ortho nitro benzene ring substituents is 1. The number of nitrogens with zero attached hydrogens (tertiary/aromatic N) is 2. The number of amides is 2. The van der Waals surface area contributed by atoms with Crippen molar-refractivity contribution in [3.8, 4) is 0 Å². The number of benzene rings is 2. The molecule has 1 saturated heterocycles. The molecular weight excluding hydrogens is 372 g/mol. The molecular formula is C18H11N2O6S-. The number of hydrogen-bond acceptors (Lipinski definition) is 7. The van der Waals surface area contributed by atoms with Crippen LogP contribution in [0.4, 0.5) is 10.5 Å². The van der Waals surface area contributed by atoms with Crippen LogP contribution < -0.4 is 5.11 Å². The number of nitro benzene ring substituents is 1. The molecule has 0 unspecified atom stereocenters. The van der Waals surface area contributed by atoms with Gasteiger partial charge in [-0.25, -0.2) is 0 Å². The minimum absolute atomic E-state index is 0.0494. The SMILES string of the molecule is O=C([O-])c1cccc(CN2C(=O)S/C(=C/c3cccc([N+](=O)[O-])c3)C2=O)c1. The van der Waals surface area contributed by atoms with Gasteiger partial charge in [0.1, 0.15) is 0 Å². The summed E-state index contributed by atoms with van der Waals surface area (Å²) in [5.41, 5.74) is 0.720. The van der Waals surface area contributed by atoms with E-state index in [-0.39, 0.29) is 22.7 Å². The molecule has 9 heteroatoms. The zero-order chi connectivity index (χ0) is 19.6. The van der Waals surface area contributed by atoms with Gasteiger partial charge in [0.25, 0.3) is 16.8 Å². The molecule has 0 aliphatic carbocycles. The van der Waals surface area contributed by atoms with Crippen LogP contribution in [0, 0.1) is 10.1 Å². The Balaban J connectivity index is 1.83. The zero-order valence-corrected chi connectivity index (χ0v) is 14.5. The van der Waals surface area contributed by atoms with Crippen molar-refractivity contribution in [2.45, 2.75) is 6.54 Å². The van der Waals surface area contributed by atoms with Gasteiger partial charge in [-0.3, -0.25) is 24.6 Å². The van der Waals surface area contributed by atoms with E-state index >= 15 is 0 Å². The van der Waals surface area contributed by atoms with E-state index in [0.29, 0.717) is 11.1 Å². The molecule has 3 rings (SSSR count). The molecule has 2 aromatic rings. The largest absolute Gasteiger partial charge is 0.545 e. The number of carbonyl (C=O) groups is 3. The quantitative estimate of drug-likeness (QED) is 0.441. The molecule has 0 bridgehead atoms. The van der Waals surface area contributed by atoms with Gasteiger partial charge in [-0.2, -0.15) is 0 Å². The predicted molar refractivity (Wildman–Crippen MR) is 95.4 cm³/mol. The highest BCUT2D eigenvalue weighted by Crippen LogP contribution is 2.33.